The van der Waals surface area contributed by atoms with E-state index in [1.54, 1.807) is 6.07 Å². The molecule has 1 saturated heterocycles. The van der Waals surface area contributed by atoms with Gasteiger partial charge < -0.3 is 5.32 Å². The van der Waals surface area contributed by atoms with Gasteiger partial charge in [-0.3, -0.25) is 4.90 Å². The summed E-state index contributed by atoms with van der Waals surface area (Å²) in [6, 6.07) is 6.52. The third kappa shape index (κ3) is 3.96. The van der Waals surface area contributed by atoms with Crippen LogP contribution in [0.1, 0.15) is 30.9 Å². The van der Waals surface area contributed by atoms with E-state index in [4.69, 9.17) is 0 Å². The minimum atomic E-state index is -4.27. The van der Waals surface area contributed by atoms with E-state index in [2.05, 4.69) is 17.1 Å². The molecular formula is C15H21F3N2. The number of hydrogen-bond donors (Lipinski definition) is 1. The largest absolute Gasteiger partial charge is 0.416 e. The van der Waals surface area contributed by atoms with Crippen LogP contribution in [0.5, 0.6) is 0 Å². The second-order valence-electron chi connectivity index (χ2n) is 5.65. The second kappa shape index (κ2) is 6.14. The molecule has 1 aromatic carbocycles. The fourth-order valence-corrected chi connectivity index (χ4v) is 2.77. The molecule has 5 heteroatoms. The highest BCUT2D eigenvalue weighted by Gasteiger charge is 2.30. The molecule has 0 amide bonds. The average Bonchev–Trinajstić information content (AvgIpc) is 2.38. The molecule has 2 atom stereocenters. The van der Waals surface area contributed by atoms with Gasteiger partial charge in [0.25, 0.3) is 0 Å². The first kappa shape index (κ1) is 15.3. The lowest BCUT2D eigenvalue weighted by atomic mass is 9.99. The van der Waals surface area contributed by atoms with Crippen LogP contribution in [-0.4, -0.2) is 30.6 Å². The first-order valence-electron chi connectivity index (χ1n) is 6.96. The molecule has 0 aliphatic carbocycles. The molecule has 1 heterocycles. The van der Waals surface area contributed by atoms with E-state index in [1.165, 1.54) is 12.1 Å². The van der Waals surface area contributed by atoms with Crippen molar-refractivity contribution < 1.29 is 13.2 Å². The van der Waals surface area contributed by atoms with Crippen molar-refractivity contribution in [1.29, 1.82) is 0 Å². The minimum Gasteiger partial charge on any atom is -0.314 e. The van der Waals surface area contributed by atoms with Crippen molar-refractivity contribution in [2.45, 2.75) is 44.6 Å². The smallest absolute Gasteiger partial charge is 0.314 e. The molecule has 2 rings (SSSR count). The van der Waals surface area contributed by atoms with Crippen molar-refractivity contribution in [2.75, 3.05) is 13.6 Å². The Morgan fingerprint density at radius 2 is 2.10 bits per heavy atom. The maximum absolute atomic E-state index is 12.7. The molecule has 2 unspecified atom stereocenters. The molecule has 1 fully saturated rings. The van der Waals surface area contributed by atoms with Gasteiger partial charge >= 0.3 is 6.18 Å². The van der Waals surface area contributed by atoms with Crippen LogP contribution in [0.25, 0.3) is 0 Å². The van der Waals surface area contributed by atoms with Crippen molar-refractivity contribution in [2.24, 2.45) is 0 Å². The van der Waals surface area contributed by atoms with Gasteiger partial charge in [-0.2, -0.15) is 13.2 Å². The lowest BCUT2D eigenvalue weighted by molar-refractivity contribution is -0.137. The zero-order valence-electron chi connectivity index (χ0n) is 11.9. The van der Waals surface area contributed by atoms with E-state index < -0.39 is 11.7 Å². The monoisotopic (exact) mass is 286 g/mol. The quantitative estimate of drug-likeness (QED) is 0.917. The third-order valence-corrected chi connectivity index (χ3v) is 3.91. The maximum Gasteiger partial charge on any atom is 0.416 e. The summed E-state index contributed by atoms with van der Waals surface area (Å²) in [5, 5.41) is 3.38. The molecule has 2 nitrogen and oxygen atoms in total. The Bertz CT molecular complexity index is 445. The van der Waals surface area contributed by atoms with Crippen LogP contribution < -0.4 is 5.32 Å². The topological polar surface area (TPSA) is 15.3 Å². The van der Waals surface area contributed by atoms with Gasteiger partial charge in [-0.15, -0.1) is 0 Å². The van der Waals surface area contributed by atoms with Crippen LogP contribution in [0, 0.1) is 0 Å². The van der Waals surface area contributed by atoms with Crippen LogP contribution in [0.4, 0.5) is 13.2 Å². The normalized spacial score (nSPS) is 24.1. The van der Waals surface area contributed by atoms with Gasteiger partial charge in [0.05, 0.1) is 5.56 Å². The van der Waals surface area contributed by atoms with Crippen LogP contribution in [0.2, 0.25) is 0 Å². The Labute approximate surface area is 118 Å². The van der Waals surface area contributed by atoms with Gasteiger partial charge in [0.1, 0.15) is 0 Å². The summed E-state index contributed by atoms with van der Waals surface area (Å²) < 4.78 is 38.1. The predicted molar refractivity (Wildman–Crippen MR) is 73.4 cm³/mol. The van der Waals surface area contributed by atoms with E-state index in [1.807, 2.05) is 7.05 Å². The van der Waals surface area contributed by atoms with E-state index in [9.17, 15) is 13.2 Å². The third-order valence-electron chi connectivity index (χ3n) is 3.91. The number of rotatable bonds is 3. The molecule has 112 valence electrons. The molecule has 0 saturated carbocycles. The number of halogens is 3. The van der Waals surface area contributed by atoms with E-state index in [0.717, 1.165) is 25.5 Å². The van der Waals surface area contributed by atoms with Crippen molar-refractivity contribution in [3.8, 4) is 0 Å². The Kier molecular flexibility index (Phi) is 4.70. The number of nitrogens with one attached hydrogen (secondary N) is 1. The highest BCUT2D eigenvalue weighted by molar-refractivity contribution is 5.25. The van der Waals surface area contributed by atoms with Gasteiger partial charge in [0, 0.05) is 18.6 Å². The zero-order chi connectivity index (χ0) is 14.8. The molecule has 1 aromatic rings. The van der Waals surface area contributed by atoms with Crippen molar-refractivity contribution in [1.82, 2.24) is 10.2 Å². The highest BCUT2D eigenvalue weighted by atomic mass is 19.4. The molecular weight excluding hydrogens is 265 g/mol. The maximum atomic E-state index is 12.7. The molecule has 1 aliphatic heterocycles. The minimum absolute atomic E-state index is 0.431. The Morgan fingerprint density at radius 3 is 2.75 bits per heavy atom. The molecule has 1 aliphatic rings. The number of alkyl halides is 3. The molecule has 0 aromatic heterocycles. The summed E-state index contributed by atoms with van der Waals surface area (Å²) in [6.45, 7) is 3.67. The number of piperidine rings is 1. The van der Waals surface area contributed by atoms with E-state index in [-0.39, 0.29) is 0 Å². The Balaban J connectivity index is 2.02. The first-order valence-corrected chi connectivity index (χ1v) is 6.96. The van der Waals surface area contributed by atoms with Crippen LogP contribution in [0.3, 0.4) is 0 Å². The summed E-state index contributed by atoms with van der Waals surface area (Å²) in [5.41, 5.74) is 0.149. The van der Waals surface area contributed by atoms with Gasteiger partial charge in [-0.25, -0.2) is 0 Å². The fraction of sp³-hybridized carbons (Fsp3) is 0.600. The van der Waals surface area contributed by atoms with Crippen molar-refractivity contribution in [3.05, 3.63) is 35.4 Å². The molecule has 0 spiro atoms. The number of benzene rings is 1. The summed E-state index contributed by atoms with van der Waals surface area (Å²) in [5.74, 6) is 0. The summed E-state index contributed by atoms with van der Waals surface area (Å²) in [7, 11) is 1.99. The van der Waals surface area contributed by atoms with Crippen LogP contribution >= 0.6 is 0 Å². The van der Waals surface area contributed by atoms with Gasteiger partial charge in [-0.05, 0) is 45.0 Å². The zero-order valence-corrected chi connectivity index (χ0v) is 11.9. The Hall–Kier alpha value is -1.07. The van der Waals surface area contributed by atoms with E-state index >= 15 is 0 Å². The number of nitrogens with zero attached hydrogens (tertiary/aromatic N) is 1. The predicted octanol–water partition coefficient (Wildman–Crippen LogP) is 3.28. The van der Waals surface area contributed by atoms with Crippen molar-refractivity contribution in [3.63, 3.8) is 0 Å². The van der Waals surface area contributed by atoms with Crippen LogP contribution in [0.15, 0.2) is 24.3 Å². The van der Waals surface area contributed by atoms with Gasteiger partial charge in [0.2, 0.25) is 0 Å². The standard InChI is InChI=1S/C15H21F3N2/c1-11-8-14(6-7-19-11)20(2)10-12-4-3-5-13(9-12)15(16,17)18/h3-5,9,11,14,19H,6-8,10H2,1-2H3. The second-order valence-corrected chi connectivity index (χ2v) is 5.65. The summed E-state index contributed by atoms with van der Waals surface area (Å²) in [6.07, 6.45) is -2.19. The SMILES string of the molecule is CC1CC(N(C)Cc2cccc(C(F)(F)F)c2)CCN1. The fourth-order valence-electron chi connectivity index (χ4n) is 2.77. The average molecular weight is 286 g/mol. The lowest BCUT2D eigenvalue weighted by Gasteiger charge is -2.35. The highest BCUT2D eigenvalue weighted by Crippen LogP contribution is 2.30. The summed E-state index contributed by atoms with van der Waals surface area (Å²) in [4.78, 5) is 2.16. The lowest BCUT2D eigenvalue weighted by Crippen LogP contribution is -2.45. The van der Waals surface area contributed by atoms with Gasteiger partial charge in [-0.1, -0.05) is 18.2 Å². The Morgan fingerprint density at radius 1 is 1.35 bits per heavy atom. The number of hydrogen-bond acceptors (Lipinski definition) is 2. The van der Waals surface area contributed by atoms with Crippen molar-refractivity contribution >= 4 is 0 Å². The molecule has 20 heavy (non-hydrogen) atoms. The van der Waals surface area contributed by atoms with Crippen LogP contribution in [-0.2, 0) is 12.7 Å². The first-order chi connectivity index (χ1) is 9.36. The molecule has 0 bridgehead atoms. The molecule has 1 N–H and O–H groups in total. The molecule has 0 radical (unpaired) electrons. The van der Waals surface area contributed by atoms with Gasteiger partial charge in [0.15, 0.2) is 0 Å². The summed E-state index contributed by atoms with van der Waals surface area (Å²) >= 11 is 0. The van der Waals surface area contributed by atoms with E-state index in [0.29, 0.717) is 24.2 Å².